The van der Waals surface area contributed by atoms with Crippen LogP contribution in [-0.2, 0) is 16.8 Å². The fourth-order valence-electron chi connectivity index (χ4n) is 4.36. The lowest BCUT2D eigenvalue weighted by atomic mass is 10.0. The van der Waals surface area contributed by atoms with E-state index in [4.69, 9.17) is 9.47 Å². The molecule has 6 rings (SSSR count). The van der Waals surface area contributed by atoms with Gasteiger partial charge in [-0.15, -0.1) is 5.10 Å². The predicted molar refractivity (Wildman–Crippen MR) is 122 cm³/mol. The SMILES string of the molecule is Cc1nc(C2(O)COC2)sc1Oc1ccc(-n2nc3n(c2=O)[C@H](c2ccccc2)CC3)cc1F. The molecule has 0 radical (unpaired) electrons. The Bertz CT molecular complexity index is 1440. The fraction of sp³-hybridized carbons (Fsp3) is 0.292. The molecular weight excluding hydrogens is 459 g/mol. The predicted octanol–water partition coefficient (Wildman–Crippen LogP) is 3.48. The van der Waals surface area contributed by atoms with E-state index in [-0.39, 0.29) is 30.7 Å². The first-order chi connectivity index (χ1) is 16.4. The van der Waals surface area contributed by atoms with Gasteiger partial charge in [-0.25, -0.2) is 14.2 Å². The van der Waals surface area contributed by atoms with Gasteiger partial charge in [-0.1, -0.05) is 41.7 Å². The summed E-state index contributed by atoms with van der Waals surface area (Å²) in [5.74, 6) is 0.0587. The van der Waals surface area contributed by atoms with Gasteiger partial charge in [0.05, 0.1) is 30.6 Å². The molecule has 34 heavy (non-hydrogen) atoms. The lowest BCUT2D eigenvalue weighted by Gasteiger charge is -2.34. The first-order valence-corrected chi connectivity index (χ1v) is 11.8. The molecule has 1 N–H and O–H groups in total. The first kappa shape index (κ1) is 21.2. The van der Waals surface area contributed by atoms with E-state index in [1.54, 1.807) is 17.6 Å². The Hall–Kier alpha value is -3.34. The van der Waals surface area contributed by atoms with Crippen LogP contribution in [0.15, 0.2) is 53.3 Å². The van der Waals surface area contributed by atoms with Crippen LogP contribution in [0.1, 0.15) is 34.6 Å². The summed E-state index contributed by atoms with van der Waals surface area (Å²) >= 11 is 1.16. The van der Waals surface area contributed by atoms with Crippen molar-refractivity contribution in [1.82, 2.24) is 19.3 Å². The van der Waals surface area contributed by atoms with E-state index in [9.17, 15) is 14.3 Å². The van der Waals surface area contributed by atoms with Crippen molar-refractivity contribution in [3.8, 4) is 16.5 Å². The second-order valence-corrected chi connectivity index (χ2v) is 9.54. The van der Waals surface area contributed by atoms with Crippen LogP contribution in [0.25, 0.3) is 5.69 Å². The highest BCUT2D eigenvalue weighted by Crippen LogP contribution is 2.40. The fourth-order valence-corrected chi connectivity index (χ4v) is 5.35. The number of ether oxygens (including phenoxy) is 2. The lowest BCUT2D eigenvalue weighted by molar-refractivity contribution is -0.184. The number of hydrogen-bond acceptors (Lipinski definition) is 7. The molecule has 10 heteroatoms. The summed E-state index contributed by atoms with van der Waals surface area (Å²) in [6.45, 7) is 2.09. The number of rotatable bonds is 5. The molecule has 4 aromatic rings. The van der Waals surface area contributed by atoms with E-state index in [0.717, 1.165) is 23.3 Å². The van der Waals surface area contributed by atoms with Crippen molar-refractivity contribution in [3.05, 3.63) is 86.9 Å². The van der Waals surface area contributed by atoms with E-state index in [1.165, 1.54) is 16.8 Å². The Balaban J connectivity index is 1.28. The standard InChI is InChI=1S/C24H21FN4O4S/c1-14-21(34-22(26-14)24(31)12-32-13-24)33-19-9-7-16(11-17(19)25)29-23(30)28-18(8-10-20(28)27-29)15-5-3-2-4-6-15/h2-7,9,11,18,31H,8,10,12-13H2,1H3/t18-/m0/s1. The third-order valence-electron chi connectivity index (χ3n) is 6.21. The average molecular weight is 481 g/mol. The van der Waals surface area contributed by atoms with Crippen LogP contribution in [0.4, 0.5) is 4.39 Å². The van der Waals surface area contributed by atoms with Gasteiger partial charge in [-0.2, -0.15) is 4.68 Å². The summed E-state index contributed by atoms with van der Waals surface area (Å²) < 4.78 is 28.7. The van der Waals surface area contributed by atoms with Gasteiger partial charge in [-0.05, 0) is 31.0 Å². The second kappa shape index (κ2) is 7.86. The van der Waals surface area contributed by atoms with Gasteiger partial charge in [0.15, 0.2) is 17.2 Å². The zero-order chi connectivity index (χ0) is 23.4. The van der Waals surface area contributed by atoms with Gasteiger partial charge >= 0.3 is 5.69 Å². The normalized spacial score (nSPS) is 18.5. The third-order valence-corrected chi connectivity index (χ3v) is 7.44. The van der Waals surface area contributed by atoms with E-state index in [0.29, 0.717) is 33.7 Å². The number of benzene rings is 2. The monoisotopic (exact) mass is 480 g/mol. The van der Waals surface area contributed by atoms with E-state index < -0.39 is 11.4 Å². The molecule has 1 fully saturated rings. The number of halogens is 1. The Morgan fingerprint density at radius 2 is 2.03 bits per heavy atom. The summed E-state index contributed by atoms with van der Waals surface area (Å²) in [4.78, 5) is 17.5. The smallest absolute Gasteiger partial charge is 0.351 e. The maximum atomic E-state index is 15.0. The van der Waals surface area contributed by atoms with Gasteiger partial charge < -0.3 is 14.6 Å². The maximum absolute atomic E-state index is 15.0. The zero-order valence-corrected chi connectivity index (χ0v) is 19.1. The highest BCUT2D eigenvalue weighted by molar-refractivity contribution is 7.13. The minimum absolute atomic E-state index is 0.000797. The molecule has 0 amide bonds. The Morgan fingerprint density at radius 3 is 2.74 bits per heavy atom. The van der Waals surface area contributed by atoms with Crippen molar-refractivity contribution in [2.75, 3.05) is 13.2 Å². The number of hydrogen-bond donors (Lipinski definition) is 1. The molecule has 1 atom stereocenters. The Labute approximate surface area is 197 Å². The van der Waals surface area contributed by atoms with Crippen LogP contribution in [0.2, 0.25) is 0 Å². The minimum atomic E-state index is -1.11. The zero-order valence-electron chi connectivity index (χ0n) is 18.3. The van der Waals surface area contributed by atoms with Crippen LogP contribution in [0.3, 0.4) is 0 Å². The van der Waals surface area contributed by atoms with Crippen molar-refractivity contribution in [3.63, 3.8) is 0 Å². The van der Waals surface area contributed by atoms with E-state index >= 15 is 0 Å². The highest BCUT2D eigenvalue weighted by atomic mass is 32.1. The van der Waals surface area contributed by atoms with Gasteiger partial charge in [-0.3, -0.25) is 4.57 Å². The summed E-state index contributed by atoms with van der Waals surface area (Å²) in [5, 5.41) is 15.8. The first-order valence-electron chi connectivity index (χ1n) is 10.9. The molecule has 2 aromatic carbocycles. The van der Waals surface area contributed by atoms with Gasteiger partial charge in [0.2, 0.25) is 5.06 Å². The Morgan fingerprint density at radius 1 is 1.24 bits per heavy atom. The molecule has 2 aliphatic heterocycles. The van der Waals surface area contributed by atoms with E-state index in [1.807, 2.05) is 30.3 Å². The summed E-state index contributed by atoms with van der Waals surface area (Å²) in [6, 6.07) is 14.1. The molecule has 0 unspecified atom stereocenters. The molecule has 4 heterocycles. The minimum Gasteiger partial charge on any atom is -0.442 e. The number of aromatic nitrogens is 4. The quantitative estimate of drug-likeness (QED) is 0.470. The van der Waals surface area contributed by atoms with Gasteiger partial charge in [0.1, 0.15) is 10.8 Å². The molecule has 174 valence electrons. The largest absolute Gasteiger partial charge is 0.442 e. The van der Waals surface area contributed by atoms with Crippen LogP contribution in [0, 0.1) is 12.7 Å². The van der Waals surface area contributed by atoms with E-state index in [2.05, 4.69) is 10.1 Å². The molecule has 0 bridgehead atoms. The molecule has 0 spiro atoms. The lowest BCUT2D eigenvalue weighted by Crippen LogP contribution is -2.46. The summed E-state index contributed by atoms with van der Waals surface area (Å²) in [7, 11) is 0. The Kier molecular flexibility index (Phi) is 4.91. The summed E-state index contributed by atoms with van der Waals surface area (Å²) in [5.41, 5.74) is 0.520. The van der Waals surface area contributed by atoms with Crippen molar-refractivity contribution >= 4 is 11.3 Å². The van der Waals surface area contributed by atoms with Crippen LogP contribution in [-0.4, -0.2) is 37.7 Å². The van der Waals surface area contributed by atoms with Crippen LogP contribution in [0.5, 0.6) is 10.8 Å². The molecule has 2 aliphatic rings. The average Bonchev–Trinajstić information content (AvgIpc) is 3.49. The van der Waals surface area contributed by atoms with Crippen molar-refractivity contribution in [2.45, 2.75) is 31.4 Å². The third kappa shape index (κ3) is 3.37. The number of aliphatic hydroxyl groups is 1. The van der Waals surface area contributed by atoms with Crippen LogP contribution < -0.4 is 10.4 Å². The van der Waals surface area contributed by atoms with Gasteiger partial charge in [0.25, 0.3) is 0 Å². The number of thiazole rings is 1. The van der Waals surface area contributed by atoms with Crippen LogP contribution >= 0.6 is 11.3 Å². The van der Waals surface area contributed by atoms with Crippen molar-refractivity contribution in [1.29, 1.82) is 0 Å². The molecule has 0 saturated carbocycles. The van der Waals surface area contributed by atoms with Crippen molar-refractivity contribution in [2.24, 2.45) is 0 Å². The molecule has 0 aliphatic carbocycles. The number of nitrogens with zero attached hydrogens (tertiary/aromatic N) is 4. The van der Waals surface area contributed by atoms with Crippen molar-refractivity contribution < 1.29 is 19.0 Å². The number of aryl methyl sites for hydroxylation is 2. The second-order valence-electron chi connectivity index (χ2n) is 8.58. The maximum Gasteiger partial charge on any atom is 0.351 e. The number of fused-ring (bicyclic) bond motifs is 1. The highest BCUT2D eigenvalue weighted by Gasteiger charge is 2.41. The molecule has 1 saturated heterocycles. The van der Waals surface area contributed by atoms with Gasteiger partial charge in [0, 0.05) is 12.5 Å². The molecular formula is C24H21FN4O4S. The molecule has 8 nitrogen and oxygen atoms in total. The molecule has 2 aromatic heterocycles. The summed E-state index contributed by atoms with van der Waals surface area (Å²) in [6.07, 6.45) is 1.48. The topological polar surface area (TPSA) is 91.4 Å².